The number of halogens is 3. The van der Waals surface area contributed by atoms with Crippen LogP contribution in [0.2, 0.25) is 0 Å². The molecule has 5 nitrogen and oxygen atoms in total. The molecular formula is C15H14F3N3O2. The Morgan fingerprint density at radius 2 is 1.91 bits per heavy atom. The largest absolute Gasteiger partial charge is 0.507 e. The van der Waals surface area contributed by atoms with Gasteiger partial charge in [0.1, 0.15) is 17.3 Å². The first-order chi connectivity index (χ1) is 10.7. The molecule has 0 radical (unpaired) electrons. The number of hydrogen-bond donors (Lipinski definition) is 2. The molecule has 0 saturated heterocycles. The number of aromatic hydroxyl groups is 1. The van der Waals surface area contributed by atoms with E-state index in [2.05, 4.69) is 15.3 Å². The summed E-state index contributed by atoms with van der Waals surface area (Å²) in [4.78, 5) is 19.3. The number of aromatic nitrogens is 2. The maximum atomic E-state index is 12.7. The molecule has 0 aliphatic rings. The van der Waals surface area contributed by atoms with Crippen LogP contribution in [-0.2, 0) is 12.7 Å². The average molecular weight is 325 g/mol. The number of aryl methyl sites for hydroxylation is 2. The topological polar surface area (TPSA) is 75.1 Å². The number of nitrogens with zero attached hydrogens (tertiary/aromatic N) is 2. The number of alkyl halides is 3. The summed E-state index contributed by atoms with van der Waals surface area (Å²) < 4.78 is 38.1. The van der Waals surface area contributed by atoms with Crippen LogP contribution in [0, 0.1) is 13.8 Å². The van der Waals surface area contributed by atoms with E-state index in [1.807, 2.05) is 0 Å². The SMILES string of the molecule is Cc1ccc(O)c(C(=O)NCc2nc(C)cc(C(F)(F)F)n2)c1. The third-order valence-corrected chi connectivity index (χ3v) is 2.99. The van der Waals surface area contributed by atoms with Gasteiger partial charge in [0.15, 0.2) is 0 Å². The number of phenolic OH excluding ortho intramolecular Hbond substituents is 1. The lowest BCUT2D eigenvalue weighted by molar-refractivity contribution is -0.141. The Morgan fingerprint density at radius 3 is 2.57 bits per heavy atom. The highest BCUT2D eigenvalue weighted by molar-refractivity contribution is 5.96. The van der Waals surface area contributed by atoms with Crippen LogP contribution >= 0.6 is 0 Å². The highest BCUT2D eigenvalue weighted by Crippen LogP contribution is 2.27. The summed E-state index contributed by atoms with van der Waals surface area (Å²) in [6, 6.07) is 5.31. The highest BCUT2D eigenvalue weighted by atomic mass is 19.4. The first-order valence-corrected chi connectivity index (χ1v) is 6.66. The summed E-state index contributed by atoms with van der Waals surface area (Å²) in [5, 5.41) is 12.1. The minimum absolute atomic E-state index is 0.0358. The number of phenols is 1. The molecule has 0 unspecified atom stereocenters. The van der Waals surface area contributed by atoms with Gasteiger partial charge in [-0.1, -0.05) is 11.6 Å². The van der Waals surface area contributed by atoms with Gasteiger partial charge in [-0.2, -0.15) is 13.2 Å². The van der Waals surface area contributed by atoms with Crippen molar-refractivity contribution in [3.8, 4) is 5.75 Å². The van der Waals surface area contributed by atoms with Crippen LogP contribution in [0.5, 0.6) is 5.75 Å². The molecule has 0 aliphatic heterocycles. The van der Waals surface area contributed by atoms with Crippen molar-refractivity contribution in [3.63, 3.8) is 0 Å². The van der Waals surface area contributed by atoms with Gasteiger partial charge in [0, 0.05) is 5.69 Å². The molecule has 1 amide bonds. The van der Waals surface area contributed by atoms with Crippen molar-refractivity contribution in [2.45, 2.75) is 26.6 Å². The van der Waals surface area contributed by atoms with Gasteiger partial charge in [0.25, 0.3) is 5.91 Å². The summed E-state index contributed by atoms with van der Waals surface area (Å²) in [6.07, 6.45) is -4.58. The molecule has 1 aromatic carbocycles. The molecule has 2 N–H and O–H groups in total. The van der Waals surface area contributed by atoms with E-state index in [0.29, 0.717) is 0 Å². The third kappa shape index (κ3) is 4.18. The Kier molecular flexibility index (Phi) is 4.53. The Hall–Kier alpha value is -2.64. The third-order valence-electron chi connectivity index (χ3n) is 2.99. The Balaban J connectivity index is 2.16. The van der Waals surface area contributed by atoms with Crippen molar-refractivity contribution >= 4 is 5.91 Å². The fourth-order valence-electron chi connectivity index (χ4n) is 1.94. The molecular weight excluding hydrogens is 311 g/mol. The molecule has 23 heavy (non-hydrogen) atoms. The molecule has 0 atom stereocenters. The number of amides is 1. The maximum absolute atomic E-state index is 12.7. The second-order valence-electron chi connectivity index (χ2n) is 5.01. The van der Waals surface area contributed by atoms with E-state index < -0.39 is 17.8 Å². The van der Waals surface area contributed by atoms with Crippen molar-refractivity contribution < 1.29 is 23.1 Å². The van der Waals surface area contributed by atoms with Crippen molar-refractivity contribution in [1.29, 1.82) is 0 Å². The van der Waals surface area contributed by atoms with Gasteiger partial charge >= 0.3 is 6.18 Å². The van der Waals surface area contributed by atoms with E-state index in [1.165, 1.54) is 19.1 Å². The smallest absolute Gasteiger partial charge is 0.433 e. The molecule has 122 valence electrons. The molecule has 0 aliphatic carbocycles. The van der Waals surface area contributed by atoms with E-state index in [1.54, 1.807) is 13.0 Å². The molecule has 0 fully saturated rings. The molecule has 0 bridgehead atoms. The van der Waals surface area contributed by atoms with E-state index in [-0.39, 0.29) is 29.4 Å². The zero-order valence-corrected chi connectivity index (χ0v) is 12.4. The van der Waals surface area contributed by atoms with Gasteiger partial charge in [-0.3, -0.25) is 4.79 Å². The van der Waals surface area contributed by atoms with Crippen LogP contribution in [0.4, 0.5) is 13.2 Å². The number of carbonyl (C=O) groups excluding carboxylic acids is 1. The summed E-state index contributed by atoms with van der Waals surface area (Å²) in [7, 11) is 0. The number of rotatable bonds is 3. The first kappa shape index (κ1) is 16.7. The van der Waals surface area contributed by atoms with Gasteiger partial charge in [0.05, 0.1) is 12.1 Å². The van der Waals surface area contributed by atoms with Gasteiger partial charge in [-0.15, -0.1) is 0 Å². The fourth-order valence-corrected chi connectivity index (χ4v) is 1.94. The average Bonchev–Trinajstić information content (AvgIpc) is 2.46. The van der Waals surface area contributed by atoms with Crippen LogP contribution in [0.3, 0.4) is 0 Å². The van der Waals surface area contributed by atoms with Gasteiger partial charge in [0.2, 0.25) is 0 Å². The number of carbonyl (C=O) groups is 1. The van der Waals surface area contributed by atoms with E-state index in [0.717, 1.165) is 11.6 Å². The molecule has 0 saturated carbocycles. The van der Waals surface area contributed by atoms with Crippen LogP contribution in [0.15, 0.2) is 24.3 Å². The molecule has 1 aromatic heterocycles. The standard InChI is InChI=1S/C15H14F3N3O2/c1-8-3-4-11(22)10(5-8)14(23)19-7-13-20-9(2)6-12(21-13)15(16,17)18/h3-6,22H,7H2,1-2H3,(H,19,23). The van der Waals surface area contributed by atoms with Gasteiger partial charge < -0.3 is 10.4 Å². The fraction of sp³-hybridized carbons (Fsp3) is 0.267. The summed E-state index contributed by atoms with van der Waals surface area (Å²) in [5.41, 5.74) is -0.115. The number of hydrogen-bond acceptors (Lipinski definition) is 4. The summed E-state index contributed by atoms with van der Waals surface area (Å²) in [6.45, 7) is 2.88. The van der Waals surface area contributed by atoms with Crippen LogP contribution in [-0.4, -0.2) is 21.0 Å². The maximum Gasteiger partial charge on any atom is 0.433 e. The Bertz CT molecular complexity index is 745. The minimum Gasteiger partial charge on any atom is -0.507 e. The lowest BCUT2D eigenvalue weighted by Gasteiger charge is -2.10. The zero-order chi connectivity index (χ0) is 17.2. The van der Waals surface area contributed by atoms with Crippen LogP contribution in [0.25, 0.3) is 0 Å². The monoisotopic (exact) mass is 325 g/mol. The van der Waals surface area contributed by atoms with Crippen molar-refractivity contribution in [2.75, 3.05) is 0 Å². The lowest BCUT2D eigenvalue weighted by atomic mass is 10.1. The normalized spacial score (nSPS) is 11.3. The molecule has 1 heterocycles. The second kappa shape index (κ2) is 6.23. The van der Waals surface area contributed by atoms with Crippen LogP contribution in [0.1, 0.15) is 33.1 Å². The molecule has 0 spiro atoms. The van der Waals surface area contributed by atoms with Crippen LogP contribution < -0.4 is 5.32 Å². The Morgan fingerprint density at radius 1 is 1.22 bits per heavy atom. The molecule has 2 rings (SSSR count). The predicted octanol–water partition coefficient (Wildman–Crippen LogP) is 2.75. The minimum atomic E-state index is -4.58. The van der Waals surface area contributed by atoms with E-state index in [9.17, 15) is 23.1 Å². The van der Waals surface area contributed by atoms with Gasteiger partial charge in [-0.25, -0.2) is 9.97 Å². The molecule has 2 aromatic rings. The number of nitrogens with one attached hydrogen (secondary N) is 1. The summed E-state index contributed by atoms with van der Waals surface area (Å²) in [5.74, 6) is -0.989. The highest BCUT2D eigenvalue weighted by Gasteiger charge is 2.33. The zero-order valence-electron chi connectivity index (χ0n) is 12.4. The lowest BCUT2D eigenvalue weighted by Crippen LogP contribution is -2.25. The second-order valence-corrected chi connectivity index (χ2v) is 5.01. The van der Waals surface area contributed by atoms with Crippen molar-refractivity contribution in [2.24, 2.45) is 0 Å². The predicted molar refractivity (Wildman–Crippen MR) is 75.8 cm³/mol. The number of benzene rings is 1. The summed E-state index contributed by atoms with van der Waals surface area (Å²) >= 11 is 0. The van der Waals surface area contributed by atoms with E-state index >= 15 is 0 Å². The quantitative estimate of drug-likeness (QED) is 0.910. The van der Waals surface area contributed by atoms with Crippen molar-refractivity contribution in [3.05, 3.63) is 52.6 Å². The Labute approximate surface area is 130 Å². The van der Waals surface area contributed by atoms with Gasteiger partial charge in [-0.05, 0) is 32.0 Å². The first-order valence-electron chi connectivity index (χ1n) is 6.66. The van der Waals surface area contributed by atoms with Crippen molar-refractivity contribution in [1.82, 2.24) is 15.3 Å². The molecule has 8 heteroatoms. The van der Waals surface area contributed by atoms with E-state index in [4.69, 9.17) is 0 Å².